The van der Waals surface area contributed by atoms with Gasteiger partial charge in [-0.1, -0.05) is 6.92 Å². The molecular weight excluding hydrogens is 335 g/mol. The van der Waals surface area contributed by atoms with Crippen LogP contribution in [0.1, 0.15) is 25.3 Å². The summed E-state index contributed by atoms with van der Waals surface area (Å²) in [7, 11) is 0. The van der Waals surface area contributed by atoms with E-state index >= 15 is 0 Å². The smallest absolute Gasteiger partial charge is 0.406 e. The summed E-state index contributed by atoms with van der Waals surface area (Å²) in [5.74, 6) is 0.174. The third kappa shape index (κ3) is 5.90. The maximum atomic E-state index is 12.3. The SMILES string of the molecule is CCc1cnc(N(CCCCO)c2ccc(OC(F)(F)F)cc2)nc1. The van der Waals surface area contributed by atoms with Crippen molar-refractivity contribution in [2.24, 2.45) is 0 Å². The molecule has 25 heavy (non-hydrogen) atoms. The summed E-state index contributed by atoms with van der Waals surface area (Å²) >= 11 is 0. The molecule has 0 saturated carbocycles. The number of halogens is 3. The summed E-state index contributed by atoms with van der Waals surface area (Å²) in [6.07, 6.45) is 0.843. The van der Waals surface area contributed by atoms with Gasteiger partial charge in [0.25, 0.3) is 0 Å². The zero-order valence-corrected chi connectivity index (χ0v) is 13.8. The Morgan fingerprint density at radius 3 is 2.24 bits per heavy atom. The molecule has 1 aromatic heterocycles. The summed E-state index contributed by atoms with van der Waals surface area (Å²) < 4.78 is 40.7. The van der Waals surface area contributed by atoms with E-state index in [2.05, 4.69) is 14.7 Å². The van der Waals surface area contributed by atoms with Gasteiger partial charge in [0.1, 0.15) is 5.75 Å². The molecule has 2 rings (SSSR count). The van der Waals surface area contributed by atoms with Crippen LogP contribution in [-0.2, 0) is 6.42 Å². The van der Waals surface area contributed by atoms with Gasteiger partial charge in [-0.15, -0.1) is 13.2 Å². The molecule has 0 spiro atoms. The third-order valence-electron chi connectivity index (χ3n) is 3.51. The molecule has 0 aliphatic rings. The molecule has 0 atom stereocenters. The van der Waals surface area contributed by atoms with E-state index < -0.39 is 6.36 Å². The monoisotopic (exact) mass is 355 g/mol. The van der Waals surface area contributed by atoms with Crippen LogP contribution in [0.25, 0.3) is 0 Å². The average Bonchev–Trinajstić information content (AvgIpc) is 2.59. The van der Waals surface area contributed by atoms with Crippen LogP contribution >= 0.6 is 0 Å². The van der Waals surface area contributed by atoms with E-state index in [1.54, 1.807) is 17.3 Å². The molecule has 5 nitrogen and oxygen atoms in total. The molecule has 0 aliphatic heterocycles. The first-order valence-electron chi connectivity index (χ1n) is 7.98. The first kappa shape index (κ1) is 19.0. The minimum absolute atomic E-state index is 0.0713. The van der Waals surface area contributed by atoms with Crippen LogP contribution in [0.4, 0.5) is 24.8 Å². The van der Waals surface area contributed by atoms with Crippen molar-refractivity contribution in [1.82, 2.24) is 9.97 Å². The zero-order valence-electron chi connectivity index (χ0n) is 13.8. The van der Waals surface area contributed by atoms with Crippen LogP contribution in [0.3, 0.4) is 0 Å². The van der Waals surface area contributed by atoms with Gasteiger partial charge in [0.2, 0.25) is 5.95 Å². The lowest BCUT2D eigenvalue weighted by atomic mass is 10.2. The van der Waals surface area contributed by atoms with Gasteiger partial charge in [0, 0.05) is 31.2 Å². The third-order valence-corrected chi connectivity index (χ3v) is 3.51. The lowest BCUT2D eigenvalue weighted by Gasteiger charge is -2.23. The summed E-state index contributed by atoms with van der Waals surface area (Å²) in [5, 5.41) is 8.96. The van der Waals surface area contributed by atoms with E-state index in [1.807, 2.05) is 6.92 Å². The Bertz CT molecular complexity index is 646. The summed E-state index contributed by atoms with van der Waals surface area (Å²) in [6.45, 7) is 2.60. The minimum Gasteiger partial charge on any atom is -0.406 e. The van der Waals surface area contributed by atoms with Gasteiger partial charge in [-0.3, -0.25) is 0 Å². The molecular formula is C17H20F3N3O2. The predicted molar refractivity (Wildman–Crippen MR) is 87.9 cm³/mol. The number of benzene rings is 1. The van der Waals surface area contributed by atoms with E-state index in [-0.39, 0.29) is 12.4 Å². The summed E-state index contributed by atoms with van der Waals surface area (Å²) in [4.78, 5) is 10.5. The van der Waals surface area contributed by atoms with E-state index in [1.165, 1.54) is 24.3 Å². The van der Waals surface area contributed by atoms with Crippen LogP contribution < -0.4 is 9.64 Å². The number of rotatable bonds is 8. The Balaban J connectivity index is 2.21. The number of unbranched alkanes of at least 4 members (excludes halogenated alkanes) is 1. The number of alkyl halides is 3. The van der Waals surface area contributed by atoms with Crippen molar-refractivity contribution in [2.75, 3.05) is 18.1 Å². The van der Waals surface area contributed by atoms with Crippen molar-refractivity contribution in [1.29, 1.82) is 0 Å². The van der Waals surface area contributed by atoms with Gasteiger partial charge in [-0.05, 0) is 49.1 Å². The molecule has 0 aliphatic carbocycles. The lowest BCUT2D eigenvalue weighted by molar-refractivity contribution is -0.274. The molecule has 1 heterocycles. The first-order chi connectivity index (χ1) is 11.9. The number of ether oxygens (including phenoxy) is 1. The molecule has 0 fully saturated rings. The van der Waals surface area contributed by atoms with Crippen LogP contribution in [0.15, 0.2) is 36.7 Å². The van der Waals surface area contributed by atoms with E-state index in [0.717, 1.165) is 12.0 Å². The number of aromatic nitrogens is 2. The fraction of sp³-hybridized carbons (Fsp3) is 0.412. The Morgan fingerprint density at radius 2 is 1.72 bits per heavy atom. The molecule has 8 heteroatoms. The van der Waals surface area contributed by atoms with Gasteiger partial charge in [0.05, 0.1) is 0 Å². The van der Waals surface area contributed by atoms with Gasteiger partial charge in [0.15, 0.2) is 0 Å². The normalized spacial score (nSPS) is 11.4. The summed E-state index contributed by atoms with van der Waals surface area (Å²) in [5.41, 5.74) is 1.64. The van der Waals surface area contributed by atoms with Gasteiger partial charge in [-0.25, -0.2) is 9.97 Å². The molecule has 2 aromatic rings. The Hall–Kier alpha value is -2.35. The van der Waals surface area contributed by atoms with Crippen molar-refractivity contribution < 1.29 is 23.0 Å². The Labute approximate surface area is 144 Å². The molecule has 0 unspecified atom stereocenters. The van der Waals surface area contributed by atoms with E-state index in [4.69, 9.17) is 5.11 Å². The van der Waals surface area contributed by atoms with Crippen LogP contribution in [0.2, 0.25) is 0 Å². The van der Waals surface area contributed by atoms with Crippen molar-refractivity contribution >= 4 is 11.6 Å². The number of hydrogen-bond acceptors (Lipinski definition) is 5. The van der Waals surface area contributed by atoms with Crippen LogP contribution in [0, 0.1) is 0 Å². The number of hydrogen-bond donors (Lipinski definition) is 1. The number of aryl methyl sites for hydroxylation is 1. The topological polar surface area (TPSA) is 58.5 Å². The van der Waals surface area contributed by atoms with Crippen molar-refractivity contribution in [2.45, 2.75) is 32.5 Å². The highest BCUT2D eigenvalue weighted by Gasteiger charge is 2.31. The quantitative estimate of drug-likeness (QED) is 0.729. The predicted octanol–water partition coefficient (Wildman–Crippen LogP) is 3.85. The molecule has 0 bridgehead atoms. The van der Waals surface area contributed by atoms with E-state index in [9.17, 15) is 13.2 Å². The molecule has 1 N–H and O–H groups in total. The lowest BCUT2D eigenvalue weighted by Crippen LogP contribution is -2.21. The fourth-order valence-corrected chi connectivity index (χ4v) is 2.22. The molecule has 136 valence electrons. The molecule has 0 saturated heterocycles. The van der Waals surface area contributed by atoms with Crippen molar-refractivity contribution in [3.63, 3.8) is 0 Å². The number of aliphatic hydroxyl groups excluding tert-OH is 1. The second-order valence-corrected chi connectivity index (χ2v) is 5.37. The highest BCUT2D eigenvalue weighted by atomic mass is 19.4. The zero-order chi connectivity index (χ0) is 18.3. The summed E-state index contributed by atoms with van der Waals surface area (Å²) in [6, 6.07) is 5.55. The van der Waals surface area contributed by atoms with Gasteiger partial charge >= 0.3 is 6.36 Å². The Morgan fingerprint density at radius 1 is 1.08 bits per heavy atom. The maximum Gasteiger partial charge on any atom is 0.573 e. The maximum absolute atomic E-state index is 12.3. The largest absolute Gasteiger partial charge is 0.573 e. The first-order valence-corrected chi connectivity index (χ1v) is 7.98. The second-order valence-electron chi connectivity index (χ2n) is 5.37. The highest BCUT2D eigenvalue weighted by Crippen LogP contribution is 2.28. The average molecular weight is 355 g/mol. The van der Waals surface area contributed by atoms with Crippen LogP contribution in [0.5, 0.6) is 5.75 Å². The molecule has 0 amide bonds. The van der Waals surface area contributed by atoms with Crippen LogP contribution in [-0.4, -0.2) is 34.6 Å². The van der Waals surface area contributed by atoms with Gasteiger partial charge in [-0.2, -0.15) is 0 Å². The van der Waals surface area contributed by atoms with E-state index in [0.29, 0.717) is 31.0 Å². The number of aliphatic hydroxyl groups is 1. The second kappa shape index (κ2) is 8.66. The number of anilines is 2. The number of nitrogens with zero attached hydrogens (tertiary/aromatic N) is 3. The molecule has 0 radical (unpaired) electrons. The molecule has 1 aromatic carbocycles. The standard InChI is InChI=1S/C17H20F3N3O2/c1-2-13-11-21-16(22-12-13)23(9-3-4-10-24)14-5-7-15(8-6-14)25-17(18,19)20/h5-8,11-12,24H,2-4,9-10H2,1H3. The fourth-order valence-electron chi connectivity index (χ4n) is 2.22. The highest BCUT2D eigenvalue weighted by molar-refractivity contribution is 5.58. The van der Waals surface area contributed by atoms with Crippen molar-refractivity contribution in [3.05, 3.63) is 42.2 Å². The Kier molecular flexibility index (Phi) is 6.58. The minimum atomic E-state index is -4.72. The van der Waals surface area contributed by atoms with Crippen molar-refractivity contribution in [3.8, 4) is 5.75 Å². The van der Waals surface area contributed by atoms with Gasteiger partial charge < -0.3 is 14.7 Å².